The average Bonchev–Trinajstić information content (AvgIpc) is 3.84. The van der Waals surface area contributed by atoms with E-state index in [1.165, 1.54) is 27.3 Å². The fraction of sp³-hybridized carbons (Fsp3) is 0.278. The first kappa shape index (κ1) is 26.9. The standard InChI is InChI=1S/C36H36N4OS/c41-36(34(29-13-6-2-7-14-29)39-22-8-3-9-23-39)40-24-10-15-31(40)35-37-25-30(38-35)26-16-18-28(19-17-26)33-21-20-32(42-33)27-11-4-1-5-12-27/h1-2,4-7,11-14,16-21,25,31,34H,3,8-10,15,22-24H2,(H,37,38)/t31-,34-/m0/s1. The number of aromatic nitrogens is 2. The molecule has 2 atom stereocenters. The Morgan fingerprint density at radius 3 is 2.10 bits per heavy atom. The topological polar surface area (TPSA) is 52.2 Å². The van der Waals surface area contributed by atoms with Crippen LogP contribution in [0.2, 0.25) is 0 Å². The predicted molar refractivity (Wildman–Crippen MR) is 171 cm³/mol. The van der Waals surface area contributed by atoms with E-state index < -0.39 is 0 Å². The molecule has 1 amide bonds. The van der Waals surface area contributed by atoms with E-state index >= 15 is 0 Å². The molecule has 212 valence electrons. The number of H-pyrrole nitrogens is 1. The minimum Gasteiger partial charge on any atom is -0.340 e. The number of hydrogen-bond donors (Lipinski definition) is 1. The molecular weight excluding hydrogens is 536 g/mol. The fourth-order valence-electron chi connectivity index (χ4n) is 6.51. The number of imidazole rings is 1. The lowest BCUT2D eigenvalue weighted by Crippen LogP contribution is -2.44. The van der Waals surface area contributed by atoms with Gasteiger partial charge in [-0.2, -0.15) is 0 Å². The van der Waals surface area contributed by atoms with Gasteiger partial charge in [-0.3, -0.25) is 9.69 Å². The fourth-order valence-corrected chi connectivity index (χ4v) is 7.53. The van der Waals surface area contributed by atoms with Gasteiger partial charge in [-0.1, -0.05) is 91.3 Å². The number of nitrogens with one attached hydrogen (secondary N) is 1. The van der Waals surface area contributed by atoms with Crippen molar-refractivity contribution in [3.8, 4) is 32.1 Å². The summed E-state index contributed by atoms with van der Waals surface area (Å²) in [4.78, 5) is 29.6. The number of likely N-dealkylation sites (tertiary alicyclic amines) is 2. The molecule has 0 unspecified atom stereocenters. The van der Waals surface area contributed by atoms with Crippen molar-refractivity contribution < 1.29 is 4.79 Å². The van der Waals surface area contributed by atoms with Crippen molar-refractivity contribution in [2.24, 2.45) is 0 Å². The highest BCUT2D eigenvalue weighted by Crippen LogP contribution is 2.37. The van der Waals surface area contributed by atoms with Gasteiger partial charge in [0, 0.05) is 16.3 Å². The highest BCUT2D eigenvalue weighted by molar-refractivity contribution is 7.18. The van der Waals surface area contributed by atoms with E-state index in [-0.39, 0.29) is 18.0 Å². The molecule has 4 heterocycles. The second-order valence-corrected chi connectivity index (χ2v) is 12.5. The van der Waals surface area contributed by atoms with E-state index in [1.807, 2.05) is 35.7 Å². The van der Waals surface area contributed by atoms with Gasteiger partial charge in [-0.15, -0.1) is 11.3 Å². The molecule has 2 aromatic heterocycles. The number of rotatable bonds is 7. The molecule has 5 nitrogen and oxygen atoms in total. The molecular formula is C36H36N4OS. The number of nitrogens with zero attached hydrogens (tertiary/aromatic N) is 3. The first-order valence-electron chi connectivity index (χ1n) is 15.1. The molecule has 2 fully saturated rings. The Morgan fingerprint density at radius 2 is 1.38 bits per heavy atom. The SMILES string of the molecule is O=C([C@H](c1ccccc1)N1CCCCC1)N1CCC[C@H]1c1ncc(-c2ccc(-c3ccc(-c4ccccc4)s3)cc2)[nH]1. The molecule has 0 radical (unpaired) electrons. The van der Waals surface area contributed by atoms with E-state index in [0.29, 0.717) is 0 Å². The molecule has 42 heavy (non-hydrogen) atoms. The number of thiophene rings is 1. The third-order valence-electron chi connectivity index (χ3n) is 8.70. The summed E-state index contributed by atoms with van der Waals surface area (Å²) in [5.74, 6) is 1.09. The number of carbonyl (C=O) groups is 1. The van der Waals surface area contributed by atoms with Gasteiger partial charge in [-0.05, 0) is 73.2 Å². The monoisotopic (exact) mass is 572 g/mol. The van der Waals surface area contributed by atoms with Crippen molar-refractivity contribution >= 4 is 17.2 Å². The zero-order valence-corrected chi connectivity index (χ0v) is 24.6. The van der Waals surface area contributed by atoms with Crippen LogP contribution in [0.15, 0.2) is 103 Å². The van der Waals surface area contributed by atoms with Crippen LogP contribution in [0.1, 0.15) is 55.6 Å². The van der Waals surface area contributed by atoms with E-state index in [4.69, 9.17) is 4.98 Å². The number of hydrogen-bond acceptors (Lipinski definition) is 4. The Labute approximate surface area is 251 Å². The van der Waals surface area contributed by atoms with Gasteiger partial charge in [0.25, 0.3) is 0 Å². The minimum atomic E-state index is -0.228. The van der Waals surface area contributed by atoms with E-state index in [9.17, 15) is 4.79 Å². The van der Waals surface area contributed by atoms with E-state index in [1.54, 1.807) is 0 Å². The zero-order valence-electron chi connectivity index (χ0n) is 23.8. The van der Waals surface area contributed by atoms with Crippen LogP contribution < -0.4 is 0 Å². The maximum Gasteiger partial charge on any atom is 0.245 e. The van der Waals surface area contributed by atoms with Crippen LogP contribution in [0.25, 0.3) is 32.1 Å². The third kappa shape index (κ3) is 5.44. The van der Waals surface area contributed by atoms with Crippen molar-refractivity contribution in [3.63, 3.8) is 0 Å². The highest BCUT2D eigenvalue weighted by Gasteiger charge is 2.38. The Hall–Kier alpha value is -4.00. The first-order valence-corrected chi connectivity index (χ1v) is 16.0. The summed E-state index contributed by atoms with van der Waals surface area (Å²) in [5, 5.41) is 0. The Kier molecular flexibility index (Phi) is 7.73. The molecule has 2 aliphatic rings. The summed E-state index contributed by atoms with van der Waals surface area (Å²) >= 11 is 1.81. The van der Waals surface area contributed by atoms with E-state index in [2.05, 4.69) is 93.6 Å². The quantitative estimate of drug-likeness (QED) is 0.213. The minimum absolute atomic E-state index is 0.0240. The average molecular weight is 573 g/mol. The van der Waals surface area contributed by atoms with E-state index in [0.717, 1.165) is 68.0 Å². The van der Waals surface area contributed by atoms with Crippen LogP contribution in [-0.2, 0) is 4.79 Å². The predicted octanol–water partition coefficient (Wildman–Crippen LogP) is 8.36. The lowest BCUT2D eigenvalue weighted by Gasteiger charge is -2.37. The number of amides is 1. The van der Waals surface area contributed by atoms with Crippen LogP contribution in [-0.4, -0.2) is 45.3 Å². The third-order valence-corrected chi connectivity index (χ3v) is 9.88. The number of aromatic amines is 1. The van der Waals surface area contributed by atoms with Crippen LogP contribution >= 0.6 is 11.3 Å². The highest BCUT2D eigenvalue weighted by atomic mass is 32.1. The van der Waals surface area contributed by atoms with Crippen molar-refractivity contribution in [3.05, 3.63) is 115 Å². The Bertz CT molecular complexity index is 1620. The summed E-state index contributed by atoms with van der Waals surface area (Å²) in [7, 11) is 0. The molecule has 0 aliphatic carbocycles. The van der Waals surface area contributed by atoms with Crippen molar-refractivity contribution in [2.45, 2.75) is 44.2 Å². The van der Waals surface area contributed by atoms with Crippen molar-refractivity contribution in [1.29, 1.82) is 0 Å². The smallest absolute Gasteiger partial charge is 0.245 e. The van der Waals surface area contributed by atoms with Crippen LogP contribution in [0, 0.1) is 0 Å². The molecule has 2 aliphatic heterocycles. The summed E-state index contributed by atoms with van der Waals surface area (Å²) in [5.41, 5.74) is 5.65. The van der Waals surface area contributed by atoms with Gasteiger partial charge in [0.2, 0.25) is 5.91 Å². The zero-order chi connectivity index (χ0) is 28.3. The van der Waals surface area contributed by atoms with Gasteiger partial charge >= 0.3 is 0 Å². The first-order chi connectivity index (χ1) is 20.7. The van der Waals surface area contributed by atoms with Gasteiger partial charge in [0.05, 0.1) is 17.9 Å². The maximum absolute atomic E-state index is 14.2. The summed E-state index contributed by atoms with van der Waals surface area (Å²) in [6.45, 7) is 2.73. The van der Waals surface area contributed by atoms with Gasteiger partial charge in [0.15, 0.2) is 0 Å². The molecule has 0 bridgehead atoms. The molecule has 2 saturated heterocycles. The summed E-state index contributed by atoms with van der Waals surface area (Å²) in [6, 6.07) is 33.7. The van der Waals surface area contributed by atoms with Gasteiger partial charge < -0.3 is 9.88 Å². The lowest BCUT2D eigenvalue weighted by molar-refractivity contribution is -0.139. The van der Waals surface area contributed by atoms with Crippen molar-refractivity contribution in [2.75, 3.05) is 19.6 Å². The van der Waals surface area contributed by atoms with Gasteiger partial charge in [-0.25, -0.2) is 4.98 Å². The molecule has 0 spiro atoms. The second kappa shape index (κ2) is 12.1. The van der Waals surface area contributed by atoms with Crippen LogP contribution in [0.5, 0.6) is 0 Å². The molecule has 3 aromatic carbocycles. The Balaban J connectivity index is 1.09. The molecule has 6 heteroatoms. The van der Waals surface area contributed by atoms with Crippen molar-refractivity contribution in [1.82, 2.24) is 19.8 Å². The normalized spacial score (nSPS) is 18.3. The molecule has 0 saturated carbocycles. The second-order valence-electron chi connectivity index (χ2n) is 11.4. The molecule has 7 rings (SSSR count). The van der Waals surface area contributed by atoms with Crippen LogP contribution in [0.4, 0.5) is 0 Å². The summed E-state index contributed by atoms with van der Waals surface area (Å²) in [6.07, 6.45) is 7.40. The largest absolute Gasteiger partial charge is 0.340 e. The number of piperidine rings is 1. The Morgan fingerprint density at radius 1 is 0.738 bits per heavy atom. The number of carbonyl (C=O) groups excluding carboxylic acids is 1. The van der Waals surface area contributed by atoms with Crippen LogP contribution in [0.3, 0.4) is 0 Å². The number of benzene rings is 3. The molecule has 1 N–H and O–H groups in total. The lowest BCUT2D eigenvalue weighted by atomic mass is 10.00. The summed E-state index contributed by atoms with van der Waals surface area (Å²) < 4.78 is 0. The van der Waals surface area contributed by atoms with Gasteiger partial charge in [0.1, 0.15) is 11.9 Å². The maximum atomic E-state index is 14.2. The molecule has 5 aromatic rings.